The van der Waals surface area contributed by atoms with Gasteiger partial charge in [0.15, 0.2) is 0 Å². The second-order valence-electron chi connectivity index (χ2n) is 3.85. The second kappa shape index (κ2) is 5.12. The van der Waals surface area contributed by atoms with Gasteiger partial charge in [0.05, 0.1) is 41.1 Å². The van der Waals surface area contributed by atoms with Crippen LogP contribution in [-0.4, -0.2) is 38.9 Å². The first-order valence-electron chi connectivity index (χ1n) is 5.28. The largest absolute Gasteiger partial charge is 0.344 e. The molecule has 94 valence electrons. The van der Waals surface area contributed by atoms with Gasteiger partial charge in [-0.2, -0.15) is 4.31 Å². The van der Waals surface area contributed by atoms with Crippen molar-refractivity contribution in [3.63, 3.8) is 0 Å². The van der Waals surface area contributed by atoms with E-state index >= 15 is 0 Å². The summed E-state index contributed by atoms with van der Waals surface area (Å²) in [5.41, 5.74) is 0. The molecule has 0 atom stereocenters. The zero-order chi connectivity index (χ0) is 12.5. The number of nitrogens with two attached hydrogens (primary N) is 1. The molecule has 1 aromatic rings. The minimum absolute atomic E-state index is 0.203. The van der Waals surface area contributed by atoms with Crippen molar-refractivity contribution >= 4 is 33.2 Å². The third kappa shape index (κ3) is 2.74. The number of sulfonamides is 1. The molecule has 0 spiro atoms. The Morgan fingerprint density at radius 1 is 1.12 bits per heavy atom. The van der Waals surface area contributed by atoms with E-state index in [0.717, 1.165) is 13.1 Å². The van der Waals surface area contributed by atoms with Gasteiger partial charge in [0.1, 0.15) is 0 Å². The van der Waals surface area contributed by atoms with Crippen LogP contribution in [0.4, 0.5) is 0 Å². The highest BCUT2D eigenvalue weighted by Crippen LogP contribution is 2.26. The van der Waals surface area contributed by atoms with Gasteiger partial charge in [-0.1, -0.05) is 23.2 Å². The molecular weight excluding hydrogens is 283 g/mol. The Morgan fingerprint density at radius 2 is 1.76 bits per heavy atom. The van der Waals surface area contributed by atoms with Gasteiger partial charge in [-0.25, -0.2) is 8.42 Å². The third-order valence-corrected chi connectivity index (χ3v) is 5.33. The molecule has 1 fully saturated rings. The average Bonchev–Trinajstić information content (AvgIpc) is 2.33. The number of rotatable bonds is 2. The van der Waals surface area contributed by atoms with E-state index in [1.807, 2.05) is 0 Å². The molecule has 1 aliphatic rings. The number of benzene rings is 1. The summed E-state index contributed by atoms with van der Waals surface area (Å²) in [7, 11) is -3.43. The summed E-state index contributed by atoms with van der Waals surface area (Å²) in [6.45, 7) is 2.65. The molecule has 2 N–H and O–H groups in total. The first kappa shape index (κ1) is 13.1. The smallest absolute Gasteiger partial charge is 0.243 e. The minimum atomic E-state index is -3.43. The van der Waals surface area contributed by atoms with Gasteiger partial charge in [0, 0.05) is 0 Å². The van der Waals surface area contributed by atoms with E-state index in [2.05, 4.69) is 5.32 Å². The lowest BCUT2D eigenvalue weighted by Gasteiger charge is -2.24. The normalized spacial score (nSPS) is 18.2. The monoisotopic (exact) mass is 295 g/mol. The highest BCUT2D eigenvalue weighted by atomic mass is 35.5. The average molecular weight is 296 g/mol. The van der Waals surface area contributed by atoms with E-state index in [1.165, 1.54) is 22.5 Å². The molecule has 0 amide bonds. The Balaban J connectivity index is 2.33. The lowest BCUT2D eigenvalue weighted by molar-refractivity contribution is -0.661. The number of hydrogen-bond acceptors (Lipinski definition) is 2. The summed E-state index contributed by atoms with van der Waals surface area (Å²) in [6.07, 6.45) is 0. The van der Waals surface area contributed by atoms with Gasteiger partial charge in [-0.15, -0.1) is 0 Å². The predicted octanol–water partition coefficient (Wildman–Crippen LogP) is 0.561. The lowest BCUT2D eigenvalue weighted by atomic mass is 10.4. The standard InChI is InChI=1S/C10H12Cl2N2O2S/c11-9-2-1-8(7-10(9)12)17(15,16)14-5-3-13-4-6-14/h1-2,7,13H,3-6H2/p+1. The number of piperazine rings is 1. The molecule has 2 rings (SSSR count). The molecule has 17 heavy (non-hydrogen) atoms. The number of halogens is 2. The summed E-state index contributed by atoms with van der Waals surface area (Å²) in [5.74, 6) is 0. The minimum Gasteiger partial charge on any atom is -0.344 e. The highest BCUT2D eigenvalue weighted by molar-refractivity contribution is 7.89. The van der Waals surface area contributed by atoms with Gasteiger partial charge >= 0.3 is 0 Å². The van der Waals surface area contributed by atoms with Crippen molar-refractivity contribution < 1.29 is 13.7 Å². The summed E-state index contributed by atoms with van der Waals surface area (Å²) in [4.78, 5) is 0.203. The van der Waals surface area contributed by atoms with Crippen molar-refractivity contribution in [1.29, 1.82) is 0 Å². The van der Waals surface area contributed by atoms with Crippen LogP contribution in [0.5, 0.6) is 0 Å². The molecule has 1 saturated heterocycles. The Hall–Kier alpha value is -0.330. The number of nitrogens with zero attached hydrogens (tertiary/aromatic N) is 1. The Morgan fingerprint density at radius 3 is 2.35 bits per heavy atom. The van der Waals surface area contributed by atoms with Crippen LogP contribution in [0.2, 0.25) is 10.0 Å². The predicted molar refractivity (Wildman–Crippen MR) is 66.9 cm³/mol. The van der Waals surface area contributed by atoms with E-state index in [0.29, 0.717) is 18.1 Å². The molecule has 7 heteroatoms. The van der Waals surface area contributed by atoms with Crippen LogP contribution in [0.25, 0.3) is 0 Å². The van der Waals surface area contributed by atoms with E-state index in [4.69, 9.17) is 23.2 Å². The Kier molecular flexibility index (Phi) is 3.95. The van der Waals surface area contributed by atoms with E-state index < -0.39 is 10.0 Å². The molecule has 4 nitrogen and oxygen atoms in total. The quantitative estimate of drug-likeness (QED) is 0.867. The zero-order valence-corrected chi connectivity index (χ0v) is 11.4. The van der Waals surface area contributed by atoms with E-state index in [-0.39, 0.29) is 9.92 Å². The van der Waals surface area contributed by atoms with E-state index in [1.54, 1.807) is 0 Å². The molecule has 1 heterocycles. The molecule has 0 aliphatic carbocycles. The molecule has 0 saturated carbocycles. The molecule has 0 radical (unpaired) electrons. The van der Waals surface area contributed by atoms with Gasteiger partial charge in [-0.3, -0.25) is 0 Å². The first-order valence-corrected chi connectivity index (χ1v) is 7.48. The Bertz CT molecular complexity index is 513. The van der Waals surface area contributed by atoms with Crippen LogP contribution in [0.3, 0.4) is 0 Å². The highest BCUT2D eigenvalue weighted by Gasteiger charge is 2.27. The van der Waals surface area contributed by atoms with Crippen LogP contribution in [0, 0.1) is 0 Å². The molecule has 0 bridgehead atoms. The van der Waals surface area contributed by atoms with E-state index in [9.17, 15) is 8.42 Å². The fourth-order valence-corrected chi connectivity index (χ4v) is 3.61. The fraction of sp³-hybridized carbons (Fsp3) is 0.400. The fourth-order valence-electron chi connectivity index (χ4n) is 1.75. The van der Waals surface area contributed by atoms with Crippen LogP contribution in [0.1, 0.15) is 0 Å². The van der Waals surface area contributed by atoms with Crippen molar-refractivity contribution in [3.05, 3.63) is 28.2 Å². The van der Waals surface area contributed by atoms with Crippen molar-refractivity contribution in [2.45, 2.75) is 4.90 Å². The zero-order valence-electron chi connectivity index (χ0n) is 9.07. The molecule has 0 aromatic heterocycles. The number of hydrogen-bond donors (Lipinski definition) is 1. The summed E-state index contributed by atoms with van der Waals surface area (Å²) < 4.78 is 26.0. The second-order valence-corrected chi connectivity index (χ2v) is 6.60. The summed E-state index contributed by atoms with van der Waals surface area (Å²) in [5, 5.41) is 2.72. The van der Waals surface area contributed by atoms with Crippen LogP contribution in [-0.2, 0) is 10.0 Å². The molecule has 0 unspecified atom stereocenters. The molecular formula is C10H13Cl2N2O2S+. The molecule has 1 aromatic carbocycles. The van der Waals surface area contributed by atoms with Gasteiger partial charge in [0.2, 0.25) is 10.0 Å². The number of quaternary nitrogens is 1. The lowest BCUT2D eigenvalue weighted by Crippen LogP contribution is -2.89. The third-order valence-electron chi connectivity index (χ3n) is 2.69. The van der Waals surface area contributed by atoms with Crippen molar-refractivity contribution in [2.24, 2.45) is 0 Å². The van der Waals surface area contributed by atoms with Crippen LogP contribution in [0.15, 0.2) is 23.1 Å². The molecule has 1 aliphatic heterocycles. The van der Waals surface area contributed by atoms with Crippen LogP contribution >= 0.6 is 23.2 Å². The SMILES string of the molecule is O=S(=O)(c1ccc(Cl)c(Cl)c1)N1CC[NH2+]CC1. The van der Waals surface area contributed by atoms with Crippen molar-refractivity contribution in [2.75, 3.05) is 26.2 Å². The summed E-state index contributed by atoms with van der Waals surface area (Å²) >= 11 is 11.6. The van der Waals surface area contributed by atoms with Crippen molar-refractivity contribution in [3.8, 4) is 0 Å². The maximum absolute atomic E-state index is 12.3. The maximum atomic E-state index is 12.3. The Labute approximate surface area is 111 Å². The first-order chi connectivity index (χ1) is 8.01. The topological polar surface area (TPSA) is 54.0 Å². The summed E-state index contributed by atoms with van der Waals surface area (Å²) in [6, 6.07) is 4.40. The van der Waals surface area contributed by atoms with Gasteiger partial charge in [0.25, 0.3) is 0 Å². The van der Waals surface area contributed by atoms with Gasteiger partial charge in [-0.05, 0) is 18.2 Å². The van der Waals surface area contributed by atoms with Crippen molar-refractivity contribution in [1.82, 2.24) is 4.31 Å². The van der Waals surface area contributed by atoms with Crippen LogP contribution < -0.4 is 5.32 Å². The maximum Gasteiger partial charge on any atom is 0.243 e. The van der Waals surface area contributed by atoms with Gasteiger partial charge < -0.3 is 5.32 Å².